The predicted octanol–water partition coefficient (Wildman–Crippen LogP) is 1.58. The fourth-order valence-corrected chi connectivity index (χ4v) is 1.47. The number of H-pyrrole nitrogens is 1. The van der Waals surface area contributed by atoms with Crippen LogP contribution in [0.1, 0.15) is 5.82 Å². The molecule has 2 aromatic rings. The number of hydrogen-bond donors (Lipinski definition) is 1. The summed E-state index contributed by atoms with van der Waals surface area (Å²) < 4.78 is 4.94. The molecular formula is C12H12N2O2. The molecule has 0 bridgehead atoms. The standard InChI is InChI=1S/C12H12N2O2/c1-16-8-11-13-10(7-12(15)14-11)9-5-3-2-4-6-9/h2-7H,8H2,1H3,(H,13,14,15). The van der Waals surface area contributed by atoms with Gasteiger partial charge in [-0.1, -0.05) is 30.3 Å². The van der Waals surface area contributed by atoms with Crippen LogP contribution in [0.25, 0.3) is 11.3 Å². The van der Waals surface area contributed by atoms with E-state index in [2.05, 4.69) is 9.97 Å². The number of benzene rings is 1. The molecule has 0 saturated carbocycles. The minimum Gasteiger partial charge on any atom is -0.377 e. The summed E-state index contributed by atoms with van der Waals surface area (Å²) >= 11 is 0. The Hall–Kier alpha value is -1.94. The van der Waals surface area contributed by atoms with E-state index < -0.39 is 0 Å². The van der Waals surface area contributed by atoms with Crippen molar-refractivity contribution in [3.63, 3.8) is 0 Å². The van der Waals surface area contributed by atoms with Crippen LogP contribution >= 0.6 is 0 Å². The second-order valence-corrected chi connectivity index (χ2v) is 3.38. The molecule has 0 aliphatic carbocycles. The van der Waals surface area contributed by atoms with Gasteiger partial charge in [-0.15, -0.1) is 0 Å². The van der Waals surface area contributed by atoms with E-state index >= 15 is 0 Å². The second kappa shape index (κ2) is 4.72. The van der Waals surface area contributed by atoms with Gasteiger partial charge < -0.3 is 9.72 Å². The van der Waals surface area contributed by atoms with Crippen LogP contribution in [0, 0.1) is 0 Å². The van der Waals surface area contributed by atoms with Gasteiger partial charge >= 0.3 is 0 Å². The van der Waals surface area contributed by atoms with Crippen molar-refractivity contribution in [1.29, 1.82) is 0 Å². The Kier molecular flexibility index (Phi) is 3.12. The van der Waals surface area contributed by atoms with Crippen molar-refractivity contribution in [3.8, 4) is 11.3 Å². The molecule has 0 saturated heterocycles. The highest BCUT2D eigenvalue weighted by Crippen LogP contribution is 2.14. The molecule has 1 heterocycles. The van der Waals surface area contributed by atoms with Crippen LogP contribution in [0.3, 0.4) is 0 Å². The molecule has 0 atom stereocenters. The Bertz CT molecular complexity index is 520. The fourth-order valence-electron chi connectivity index (χ4n) is 1.47. The molecule has 0 spiro atoms. The predicted molar refractivity (Wildman–Crippen MR) is 61.0 cm³/mol. The maximum absolute atomic E-state index is 11.4. The summed E-state index contributed by atoms with van der Waals surface area (Å²) in [4.78, 5) is 18.3. The van der Waals surface area contributed by atoms with Gasteiger partial charge in [0.05, 0.1) is 5.69 Å². The van der Waals surface area contributed by atoms with Crippen LogP contribution in [-0.2, 0) is 11.3 Å². The first-order valence-corrected chi connectivity index (χ1v) is 4.94. The summed E-state index contributed by atoms with van der Waals surface area (Å²) in [6, 6.07) is 11.1. The van der Waals surface area contributed by atoms with Crippen LogP contribution in [0.15, 0.2) is 41.2 Å². The fraction of sp³-hybridized carbons (Fsp3) is 0.167. The number of nitrogens with one attached hydrogen (secondary N) is 1. The van der Waals surface area contributed by atoms with E-state index in [1.807, 2.05) is 30.3 Å². The molecule has 0 radical (unpaired) electrons. The van der Waals surface area contributed by atoms with Gasteiger partial charge in [0.2, 0.25) is 0 Å². The number of hydrogen-bond acceptors (Lipinski definition) is 3. The first-order valence-electron chi connectivity index (χ1n) is 4.94. The monoisotopic (exact) mass is 216 g/mol. The average molecular weight is 216 g/mol. The van der Waals surface area contributed by atoms with Gasteiger partial charge in [0.15, 0.2) is 0 Å². The normalized spacial score (nSPS) is 10.3. The lowest BCUT2D eigenvalue weighted by Gasteiger charge is -2.03. The number of aromatic nitrogens is 2. The third-order valence-electron chi connectivity index (χ3n) is 2.14. The molecule has 0 fully saturated rings. The number of ether oxygens (including phenoxy) is 1. The van der Waals surface area contributed by atoms with E-state index in [9.17, 15) is 4.79 Å². The van der Waals surface area contributed by atoms with Crippen LogP contribution in [-0.4, -0.2) is 17.1 Å². The van der Waals surface area contributed by atoms with Crippen molar-refractivity contribution in [2.45, 2.75) is 6.61 Å². The van der Waals surface area contributed by atoms with Gasteiger partial charge in [0.1, 0.15) is 12.4 Å². The van der Waals surface area contributed by atoms with Crippen molar-refractivity contribution in [3.05, 3.63) is 52.6 Å². The van der Waals surface area contributed by atoms with Gasteiger partial charge in [-0.3, -0.25) is 4.79 Å². The van der Waals surface area contributed by atoms with E-state index in [0.717, 1.165) is 5.56 Å². The smallest absolute Gasteiger partial charge is 0.251 e. The third kappa shape index (κ3) is 2.35. The zero-order valence-electron chi connectivity index (χ0n) is 8.93. The molecule has 2 rings (SSSR count). The van der Waals surface area contributed by atoms with Gasteiger partial charge in [-0.2, -0.15) is 0 Å². The quantitative estimate of drug-likeness (QED) is 0.847. The van der Waals surface area contributed by atoms with Crippen molar-refractivity contribution < 1.29 is 4.74 Å². The van der Waals surface area contributed by atoms with Crippen LogP contribution in [0.4, 0.5) is 0 Å². The molecule has 0 aliphatic heterocycles. The molecular weight excluding hydrogens is 204 g/mol. The maximum Gasteiger partial charge on any atom is 0.251 e. The number of nitrogens with zero attached hydrogens (tertiary/aromatic N) is 1. The SMILES string of the molecule is COCc1nc(-c2ccccc2)cc(=O)[nH]1. The minimum absolute atomic E-state index is 0.166. The summed E-state index contributed by atoms with van der Waals surface area (Å²) in [6.07, 6.45) is 0. The first-order chi connectivity index (χ1) is 7.79. The largest absolute Gasteiger partial charge is 0.377 e. The van der Waals surface area contributed by atoms with Crippen molar-refractivity contribution in [2.75, 3.05) is 7.11 Å². The van der Waals surface area contributed by atoms with Crippen molar-refractivity contribution in [1.82, 2.24) is 9.97 Å². The zero-order valence-corrected chi connectivity index (χ0v) is 8.93. The van der Waals surface area contributed by atoms with E-state index in [1.54, 1.807) is 7.11 Å². The molecule has 1 aromatic heterocycles. The number of rotatable bonds is 3. The lowest BCUT2D eigenvalue weighted by atomic mass is 10.1. The second-order valence-electron chi connectivity index (χ2n) is 3.38. The minimum atomic E-state index is -0.166. The Morgan fingerprint density at radius 3 is 2.75 bits per heavy atom. The Morgan fingerprint density at radius 1 is 1.31 bits per heavy atom. The Morgan fingerprint density at radius 2 is 2.06 bits per heavy atom. The zero-order chi connectivity index (χ0) is 11.4. The van der Waals surface area contributed by atoms with E-state index in [4.69, 9.17) is 4.74 Å². The van der Waals surface area contributed by atoms with Gasteiger partial charge in [0, 0.05) is 18.7 Å². The topological polar surface area (TPSA) is 55.0 Å². The van der Waals surface area contributed by atoms with Crippen molar-refractivity contribution >= 4 is 0 Å². The molecule has 0 unspecified atom stereocenters. The van der Waals surface area contributed by atoms with E-state index in [-0.39, 0.29) is 5.56 Å². The average Bonchev–Trinajstić information content (AvgIpc) is 2.30. The summed E-state index contributed by atoms with van der Waals surface area (Å²) in [5, 5.41) is 0. The molecule has 1 N–H and O–H groups in total. The molecule has 1 aromatic carbocycles. The lowest BCUT2D eigenvalue weighted by Crippen LogP contribution is -2.11. The van der Waals surface area contributed by atoms with E-state index in [1.165, 1.54) is 6.07 Å². The molecule has 16 heavy (non-hydrogen) atoms. The maximum atomic E-state index is 11.4. The van der Waals surface area contributed by atoms with Gasteiger partial charge in [-0.05, 0) is 0 Å². The number of aromatic amines is 1. The summed E-state index contributed by atoms with van der Waals surface area (Å²) in [7, 11) is 1.56. The highest BCUT2D eigenvalue weighted by molar-refractivity contribution is 5.58. The summed E-state index contributed by atoms with van der Waals surface area (Å²) in [6.45, 7) is 0.302. The Labute approximate surface area is 92.9 Å². The van der Waals surface area contributed by atoms with Gasteiger partial charge in [0.25, 0.3) is 5.56 Å². The first kappa shape index (κ1) is 10.6. The number of methoxy groups -OCH3 is 1. The van der Waals surface area contributed by atoms with Crippen LogP contribution < -0.4 is 5.56 Å². The lowest BCUT2D eigenvalue weighted by molar-refractivity contribution is 0.177. The van der Waals surface area contributed by atoms with Crippen molar-refractivity contribution in [2.24, 2.45) is 0 Å². The third-order valence-corrected chi connectivity index (χ3v) is 2.14. The molecule has 4 nitrogen and oxygen atoms in total. The van der Waals surface area contributed by atoms with Crippen LogP contribution in [0.2, 0.25) is 0 Å². The van der Waals surface area contributed by atoms with Crippen LogP contribution in [0.5, 0.6) is 0 Å². The molecule has 0 amide bonds. The van der Waals surface area contributed by atoms with E-state index in [0.29, 0.717) is 18.1 Å². The summed E-state index contributed by atoms with van der Waals surface area (Å²) in [5.41, 5.74) is 1.42. The van der Waals surface area contributed by atoms with Gasteiger partial charge in [-0.25, -0.2) is 4.98 Å². The molecule has 0 aliphatic rings. The Balaban J connectivity index is 2.45. The highest BCUT2D eigenvalue weighted by Gasteiger charge is 2.02. The molecule has 82 valence electrons. The summed E-state index contributed by atoms with van der Waals surface area (Å²) in [5.74, 6) is 0.536. The molecule has 4 heteroatoms. The highest BCUT2D eigenvalue weighted by atomic mass is 16.5.